The lowest BCUT2D eigenvalue weighted by atomic mass is 10.1. The molecule has 0 saturated carbocycles. The van der Waals surface area contributed by atoms with Crippen molar-refractivity contribution in [3.63, 3.8) is 0 Å². The van der Waals surface area contributed by atoms with Crippen molar-refractivity contribution in [1.82, 2.24) is 5.32 Å². The molecule has 2 N–H and O–H groups in total. The van der Waals surface area contributed by atoms with Crippen LogP contribution in [0.4, 0.5) is 5.69 Å². The Kier molecular flexibility index (Phi) is 9.01. The molecule has 2 rings (SSSR count). The molecule has 0 radical (unpaired) electrons. The summed E-state index contributed by atoms with van der Waals surface area (Å²) >= 11 is 3.41. The first-order valence-corrected chi connectivity index (χ1v) is 10.5. The minimum absolute atomic E-state index is 0.133. The van der Waals surface area contributed by atoms with Gasteiger partial charge in [0.2, 0.25) is 0 Å². The summed E-state index contributed by atoms with van der Waals surface area (Å²) < 4.78 is 6.65. The normalized spacial score (nSPS) is 10.4. The Morgan fingerprint density at radius 1 is 0.964 bits per heavy atom. The molecule has 150 valence electrons. The van der Waals surface area contributed by atoms with Gasteiger partial charge in [0.1, 0.15) is 5.75 Å². The number of carbonyl (C=O) groups is 2. The van der Waals surface area contributed by atoms with Gasteiger partial charge >= 0.3 is 0 Å². The summed E-state index contributed by atoms with van der Waals surface area (Å²) in [6, 6.07) is 12.2. The van der Waals surface area contributed by atoms with Crippen LogP contribution in [0.1, 0.15) is 60.2 Å². The average Bonchev–Trinajstić information content (AvgIpc) is 2.69. The SMILES string of the molecule is CCCCCCOc1ccc(Br)cc1C(=O)Nc1ccc(C(=O)NCC)cc1. The topological polar surface area (TPSA) is 67.4 Å². The van der Waals surface area contributed by atoms with E-state index in [1.54, 1.807) is 36.4 Å². The van der Waals surface area contributed by atoms with Gasteiger partial charge in [-0.15, -0.1) is 0 Å². The molecule has 2 amide bonds. The Balaban J connectivity index is 2.04. The van der Waals surface area contributed by atoms with E-state index in [0.717, 1.165) is 17.3 Å². The predicted octanol–water partition coefficient (Wildman–Crippen LogP) is 5.41. The largest absolute Gasteiger partial charge is 0.493 e. The Hall–Kier alpha value is -2.34. The van der Waals surface area contributed by atoms with Crippen LogP contribution < -0.4 is 15.4 Å². The van der Waals surface area contributed by atoms with E-state index >= 15 is 0 Å². The van der Waals surface area contributed by atoms with E-state index in [9.17, 15) is 9.59 Å². The van der Waals surface area contributed by atoms with E-state index in [2.05, 4.69) is 33.5 Å². The van der Waals surface area contributed by atoms with Gasteiger partial charge in [0, 0.05) is 22.3 Å². The maximum absolute atomic E-state index is 12.8. The van der Waals surface area contributed by atoms with Crippen LogP contribution in [0, 0.1) is 0 Å². The summed E-state index contributed by atoms with van der Waals surface area (Å²) in [4.78, 5) is 24.6. The average molecular weight is 447 g/mol. The molecule has 0 aromatic heterocycles. The van der Waals surface area contributed by atoms with Crippen molar-refractivity contribution in [2.75, 3.05) is 18.5 Å². The number of hydrogen-bond acceptors (Lipinski definition) is 3. The van der Waals surface area contributed by atoms with Crippen LogP contribution in [0.3, 0.4) is 0 Å². The monoisotopic (exact) mass is 446 g/mol. The van der Waals surface area contributed by atoms with Crippen molar-refractivity contribution in [3.8, 4) is 5.75 Å². The first-order valence-electron chi connectivity index (χ1n) is 9.67. The molecule has 0 aliphatic rings. The molecule has 2 aromatic carbocycles. The van der Waals surface area contributed by atoms with Gasteiger partial charge in [-0.25, -0.2) is 0 Å². The molecule has 0 unspecified atom stereocenters. The summed E-state index contributed by atoms with van der Waals surface area (Å²) in [5, 5.41) is 5.61. The molecule has 0 atom stereocenters. The molecule has 6 heteroatoms. The molecule has 28 heavy (non-hydrogen) atoms. The molecule has 0 aliphatic carbocycles. The van der Waals surface area contributed by atoms with Gasteiger partial charge in [-0.3, -0.25) is 9.59 Å². The van der Waals surface area contributed by atoms with E-state index in [-0.39, 0.29) is 11.8 Å². The fourth-order valence-electron chi connectivity index (χ4n) is 2.68. The zero-order valence-corrected chi connectivity index (χ0v) is 18.0. The molecule has 0 heterocycles. The predicted molar refractivity (Wildman–Crippen MR) is 116 cm³/mol. The summed E-state index contributed by atoms with van der Waals surface area (Å²) in [5.41, 5.74) is 1.64. The van der Waals surface area contributed by atoms with Crippen molar-refractivity contribution in [1.29, 1.82) is 0 Å². The molecule has 0 fully saturated rings. The highest BCUT2D eigenvalue weighted by molar-refractivity contribution is 9.10. The first-order chi connectivity index (χ1) is 13.5. The van der Waals surface area contributed by atoms with Gasteiger partial charge < -0.3 is 15.4 Å². The number of carbonyl (C=O) groups excluding carboxylic acids is 2. The lowest BCUT2D eigenvalue weighted by Gasteiger charge is -2.13. The zero-order chi connectivity index (χ0) is 20.4. The molecule has 0 bridgehead atoms. The van der Waals surface area contributed by atoms with Crippen molar-refractivity contribution in [2.24, 2.45) is 0 Å². The Labute approximate surface area is 175 Å². The van der Waals surface area contributed by atoms with Crippen LogP contribution in [0.15, 0.2) is 46.9 Å². The zero-order valence-electron chi connectivity index (χ0n) is 16.4. The van der Waals surface area contributed by atoms with Crippen LogP contribution in [0.2, 0.25) is 0 Å². The molecular formula is C22H27BrN2O3. The number of nitrogens with one attached hydrogen (secondary N) is 2. The number of halogens is 1. The third-order valence-electron chi connectivity index (χ3n) is 4.18. The highest BCUT2D eigenvalue weighted by Gasteiger charge is 2.14. The molecule has 0 aliphatic heterocycles. The van der Waals surface area contributed by atoms with Gasteiger partial charge in [-0.2, -0.15) is 0 Å². The summed E-state index contributed by atoms with van der Waals surface area (Å²) in [6.45, 7) is 5.19. The van der Waals surface area contributed by atoms with Crippen LogP contribution in [-0.4, -0.2) is 25.0 Å². The third-order valence-corrected chi connectivity index (χ3v) is 4.68. The van der Waals surface area contributed by atoms with Crippen LogP contribution in [0.5, 0.6) is 5.75 Å². The number of rotatable bonds is 10. The number of hydrogen-bond donors (Lipinski definition) is 2. The summed E-state index contributed by atoms with van der Waals surface area (Å²) in [5.74, 6) is 0.179. The van der Waals surface area contributed by atoms with Gasteiger partial charge in [0.05, 0.1) is 12.2 Å². The maximum atomic E-state index is 12.8. The highest BCUT2D eigenvalue weighted by Crippen LogP contribution is 2.25. The summed E-state index contributed by atoms with van der Waals surface area (Å²) in [7, 11) is 0. The van der Waals surface area contributed by atoms with Crippen LogP contribution in [0.25, 0.3) is 0 Å². The minimum atomic E-state index is -0.254. The van der Waals surface area contributed by atoms with E-state index in [1.807, 2.05) is 13.0 Å². The molecule has 0 saturated heterocycles. The Morgan fingerprint density at radius 2 is 1.71 bits per heavy atom. The molecular weight excluding hydrogens is 420 g/mol. The second-order valence-corrected chi connectivity index (χ2v) is 7.36. The van der Waals surface area contributed by atoms with E-state index in [0.29, 0.717) is 35.7 Å². The van der Waals surface area contributed by atoms with E-state index in [1.165, 1.54) is 12.8 Å². The number of anilines is 1. The standard InChI is InChI=1S/C22H27BrN2O3/c1-3-5-6-7-14-28-20-13-10-17(23)15-19(20)22(27)25-18-11-8-16(9-12-18)21(26)24-4-2/h8-13,15H,3-7,14H2,1-2H3,(H,24,26)(H,25,27). The van der Waals surface area contributed by atoms with Crippen molar-refractivity contribution in [3.05, 3.63) is 58.1 Å². The minimum Gasteiger partial charge on any atom is -0.493 e. The van der Waals surface area contributed by atoms with Gasteiger partial charge in [-0.1, -0.05) is 42.1 Å². The molecule has 5 nitrogen and oxygen atoms in total. The lowest BCUT2D eigenvalue weighted by molar-refractivity contribution is 0.0955. The smallest absolute Gasteiger partial charge is 0.259 e. The second-order valence-electron chi connectivity index (χ2n) is 6.44. The van der Waals surface area contributed by atoms with Gasteiger partial charge in [0.15, 0.2) is 0 Å². The molecule has 0 spiro atoms. The number of unbranched alkanes of at least 4 members (excludes halogenated alkanes) is 3. The van der Waals surface area contributed by atoms with Gasteiger partial charge in [0.25, 0.3) is 11.8 Å². The lowest BCUT2D eigenvalue weighted by Crippen LogP contribution is -2.22. The summed E-state index contributed by atoms with van der Waals surface area (Å²) in [6.07, 6.45) is 4.44. The van der Waals surface area contributed by atoms with E-state index < -0.39 is 0 Å². The maximum Gasteiger partial charge on any atom is 0.259 e. The Bertz CT molecular complexity index is 791. The van der Waals surface area contributed by atoms with Crippen molar-refractivity contribution < 1.29 is 14.3 Å². The van der Waals surface area contributed by atoms with Crippen LogP contribution in [-0.2, 0) is 0 Å². The fourth-order valence-corrected chi connectivity index (χ4v) is 3.04. The van der Waals surface area contributed by atoms with Crippen molar-refractivity contribution >= 4 is 33.4 Å². The molecule has 2 aromatic rings. The van der Waals surface area contributed by atoms with Crippen molar-refractivity contribution in [2.45, 2.75) is 39.5 Å². The van der Waals surface area contributed by atoms with E-state index in [4.69, 9.17) is 4.74 Å². The number of benzene rings is 2. The number of ether oxygens (including phenoxy) is 1. The highest BCUT2D eigenvalue weighted by atomic mass is 79.9. The fraction of sp³-hybridized carbons (Fsp3) is 0.364. The second kappa shape index (κ2) is 11.5. The Morgan fingerprint density at radius 3 is 2.39 bits per heavy atom. The quantitative estimate of drug-likeness (QED) is 0.479. The number of amides is 2. The first kappa shape index (κ1) is 22.0. The third kappa shape index (κ3) is 6.68. The van der Waals surface area contributed by atoms with Crippen LogP contribution >= 0.6 is 15.9 Å². The van der Waals surface area contributed by atoms with Gasteiger partial charge in [-0.05, 0) is 55.8 Å².